The van der Waals surface area contributed by atoms with Crippen LogP contribution in [0.1, 0.15) is 20.8 Å². The number of rotatable bonds is 6. The van der Waals surface area contributed by atoms with Gasteiger partial charge < -0.3 is 13.3 Å². The van der Waals surface area contributed by atoms with Gasteiger partial charge in [-0.2, -0.15) is 0 Å². The zero-order valence-corrected chi connectivity index (χ0v) is 10.2. The van der Waals surface area contributed by atoms with E-state index in [0.29, 0.717) is 6.61 Å². The molecule has 0 N–H and O–H groups in total. The molecule has 0 bridgehead atoms. The molecule has 0 radical (unpaired) electrons. The molecular formula is C9H18O4Si. The fraction of sp³-hybridized carbons (Fsp3) is 0.667. The SMILES string of the molecule is C=CC(=O)O[Si](C)(OCC)OC(C)C. The van der Waals surface area contributed by atoms with Gasteiger partial charge in [-0.05, 0) is 20.8 Å². The summed E-state index contributed by atoms with van der Waals surface area (Å²) in [5, 5.41) is 0. The van der Waals surface area contributed by atoms with E-state index < -0.39 is 14.8 Å². The molecule has 0 saturated heterocycles. The minimum atomic E-state index is -2.82. The van der Waals surface area contributed by atoms with Crippen LogP contribution in [0, 0.1) is 0 Å². The summed E-state index contributed by atoms with van der Waals surface area (Å²) in [5.41, 5.74) is 0. The van der Waals surface area contributed by atoms with E-state index in [-0.39, 0.29) is 6.10 Å². The van der Waals surface area contributed by atoms with Crippen LogP contribution < -0.4 is 0 Å². The van der Waals surface area contributed by atoms with Gasteiger partial charge in [0.05, 0.1) is 0 Å². The van der Waals surface area contributed by atoms with Crippen molar-refractivity contribution >= 4 is 14.8 Å². The van der Waals surface area contributed by atoms with Crippen LogP contribution in [0.4, 0.5) is 0 Å². The van der Waals surface area contributed by atoms with Crippen molar-refractivity contribution in [1.29, 1.82) is 0 Å². The highest BCUT2D eigenvalue weighted by atomic mass is 28.4. The summed E-state index contributed by atoms with van der Waals surface area (Å²) in [6, 6.07) is 0. The lowest BCUT2D eigenvalue weighted by atomic mass is 10.5. The maximum Gasteiger partial charge on any atom is 0.565 e. The second-order valence-corrected chi connectivity index (χ2v) is 5.54. The minimum Gasteiger partial charge on any atom is -0.470 e. The third kappa shape index (κ3) is 5.16. The topological polar surface area (TPSA) is 44.8 Å². The molecule has 1 unspecified atom stereocenters. The van der Waals surface area contributed by atoms with E-state index >= 15 is 0 Å². The summed E-state index contributed by atoms with van der Waals surface area (Å²) in [7, 11) is -2.82. The molecule has 82 valence electrons. The summed E-state index contributed by atoms with van der Waals surface area (Å²) < 4.78 is 15.9. The van der Waals surface area contributed by atoms with Crippen molar-refractivity contribution in [1.82, 2.24) is 0 Å². The molecule has 0 aliphatic rings. The summed E-state index contributed by atoms with van der Waals surface area (Å²) in [5.74, 6) is -0.506. The number of hydrogen-bond acceptors (Lipinski definition) is 4. The predicted octanol–water partition coefficient (Wildman–Crippen LogP) is 1.75. The van der Waals surface area contributed by atoms with Crippen LogP contribution in [-0.2, 0) is 18.1 Å². The van der Waals surface area contributed by atoms with Crippen molar-refractivity contribution in [2.45, 2.75) is 33.4 Å². The fourth-order valence-electron chi connectivity index (χ4n) is 1.00. The Balaban J connectivity index is 4.37. The molecule has 0 aromatic heterocycles. The first-order chi connectivity index (χ1) is 6.43. The summed E-state index contributed by atoms with van der Waals surface area (Å²) in [6.07, 6.45) is 1.07. The van der Waals surface area contributed by atoms with Crippen LogP contribution in [0.15, 0.2) is 12.7 Å². The smallest absolute Gasteiger partial charge is 0.470 e. The van der Waals surface area contributed by atoms with Crippen LogP contribution >= 0.6 is 0 Å². The zero-order chi connectivity index (χ0) is 11.2. The lowest BCUT2D eigenvalue weighted by Gasteiger charge is -2.26. The van der Waals surface area contributed by atoms with Crippen LogP contribution in [0.2, 0.25) is 6.55 Å². The third-order valence-corrected chi connectivity index (χ3v) is 3.59. The Hall–Kier alpha value is -0.653. The van der Waals surface area contributed by atoms with Crippen LogP contribution in [0.3, 0.4) is 0 Å². The molecule has 0 aromatic carbocycles. The van der Waals surface area contributed by atoms with Gasteiger partial charge in [-0.15, -0.1) is 0 Å². The van der Waals surface area contributed by atoms with Crippen LogP contribution in [0.5, 0.6) is 0 Å². The quantitative estimate of drug-likeness (QED) is 0.503. The van der Waals surface area contributed by atoms with E-state index in [2.05, 4.69) is 6.58 Å². The van der Waals surface area contributed by atoms with E-state index in [9.17, 15) is 4.79 Å². The second kappa shape index (κ2) is 5.95. The second-order valence-electron chi connectivity index (χ2n) is 3.09. The lowest BCUT2D eigenvalue weighted by molar-refractivity contribution is -0.134. The maximum absolute atomic E-state index is 11.0. The minimum absolute atomic E-state index is 0.0316. The molecule has 0 saturated carbocycles. The highest BCUT2D eigenvalue weighted by Gasteiger charge is 2.39. The van der Waals surface area contributed by atoms with Gasteiger partial charge in [-0.3, -0.25) is 0 Å². The van der Waals surface area contributed by atoms with E-state index in [1.165, 1.54) is 0 Å². The molecule has 0 rings (SSSR count). The molecule has 14 heavy (non-hydrogen) atoms. The molecule has 0 fully saturated rings. The molecule has 0 aliphatic carbocycles. The average Bonchev–Trinajstić information content (AvgIpc) is 2.02. The van der Waals surface area contributed by atoms with E-state index in [4.69, 9.17) is 13.3 Å². The number of carbonyl (C=O) groups excluding carboxylic acids is 1. The standard InChI is InChI=1S/C9H18O4Si/c1-6-9(10)13-14(5,11-7-2)12-8(3)4/h6,8H,1,7H2,2-5H3. The highest BCUT2D eigenvalue weighted by Crippen LogP contribution is 2.12. The van der Waals surface area contributed by atoms with Gasteiger partial charge in [0.25, 0.3) is 0 Å². The van der Waals surface area contributed by atoms with Gasteiger partial charge in [0.15, 0.2) is 0 Å². The molecule has 1 atom stereocenters. The van der Waals surface area contributed by atoms with Crippen molar-refractivity contribution in [2.24, 2.45) is 0 Å². The molecule has 0 spiro atoms. The Kier molecular flexibility index (Phi) is 5.67. The maximum atomic E-state index is 11.0. The molecular weight excluding hydrogens is 200 g/mol. The molecule has 0 aromatic rings. The van der Waals surface area contributed by atoms with E-state index in [0.717, 1.165) is 6.08 Å². The molecule has 5 heteroatoms. The number of carbonyl (C=O) groups is 1. The molecule has 4 nitrogen and oxygen atoms in total. The molecule has 0 heterocycles. The Bertz CT molecular complexity index is 205. The highest BCUT2D eigenvalue weighted by molar-refractivity contribution is 6.61. The molecule has 0 aliphatic heterocycles. The number of hydrogen-bond donors (Lipinski definition) is 0. The van der Waals surface area contributed by atoms with Gasteiger partial charge >= 0.3 is 14.8 Å². The van der Waals surface area contributed by atoms with Gasteiger partial charge in [0.2, 0.25) is 0 Å². The van der Waals surface area contributed by atoms with Crippen molar-refractivity contribution in [2.75, 3.05) is 6.61 Å². The zero-order valence-electron chi connectivity index (χ0n) is 9.20. The first-order valence-corrected chi connectivity index (χ1v) is 6.83. The lowest BCUT2D eigenvalue weighted by Crippen LogP contribution is -2.45. The first-order valence-electron chi connectivity index (χ1n) is 4.60. The summed E-state index contributed by atoms with van der Waals surface area (Å²) in [4.78, 5) is 11.0. The fourth-order valence-corrected chi connectivity index (χ4v) is 3.01. The van der Waals surface area contributed by atoms with Crippen molar-refractivity contribution in [3.8, 4) is 0 Å². The van der Waals surface area contributed by atoms with E-state index in [1.807, 2.05) is 20.8 Å². The Morgan fingerprint density at radius 2 is 2.14 bits per heavy atom. The normalized spacial score (nSPS) is 14.9. The Morgan fingerprint density at radius 3 is 2.50 bits per heavy atom. The van der Waals surface area contributed by atoms with Gasteiger partial charge in [0, 0.05) is 25.3 Å². The Morgan fingerprint density at radius 1 is 1.57 bits per heavy atom. The predicted molar refractivity (Wildman–Crippen MR) is 55.8 cm³/mol. The van der Waals surface area contributed by atoms with Crippen molar-refractivity contribution < 1.29 is 18.1 Å². The summed E-state index contributed by atoms with van der Waals surface area (Å²) in [6.45, 7) is 11.0. The largest absolute Gasteiger partial charge is 0.565 e. The van der Waals surface area contributed by atoms with Crippen molar-refractivity contribution in [3.05, 3.63) is 12.7 Å². The Labute approximate surface area is 86.2 Å². The van der Waals surface area contributed by atoms with Crippen LogP contribution in [-0.4, -0.2) is 27.5 Å². The third-order valence-electron chi connectivity index (χ3n) is 1.31. The van der Waals surface area contributed by atoms with Gasteiger partial charge in [0.1, 0.15) is 0 Å². The van der Waals surface area contributed by atoms with Gasteiger partial charge in [-0.1, -0.05) is 6.58 Å². The van der Waals surface area contributed by atoms with Gasteiger partial charge in [-0.25, -0.2) is 4.79 Å². The van der Waals surface area contributed by atoms with Crippen molar-refractivity contribution in [3.63, 3.8) is 0 Å². The average molecular weight is 218 g/mol. The first kappa shape index (κ1) is 13.3. The monoisotopic (exact) mass is 218 g/mol. The summed E-state index contributed by atoms with van der Waals surface area (Å²) >= 11 is 0. The van der Waals surface area contributed by atoms with Crippen LogP contribution in [0.25, 0.3) is 0 Å². The molecule has 0 amide bonds. The van der Waals surface area contributed by atoms with E-state index in [1.54, 1.807) is 6.55 Å².